The molecule has 1 saturated heterocycles. The molecule has 0 bridgehead atoms. The van der Waals surface area contributed by atoms with Crippen molar-refractivity contribution in [2.45, 2.75) is 25.9 Å². The van der Waals surface area contributed by atoms with E-state index in [1.165, 1.54) is 12.1 Å². The molecular weight excluding hydrogens is 361 g/mol. The number of likely N-dealkylation sites (tertiary alicyclic amines) is 1. The van der Waals surface area contributed by atoms with Crippen LogP contribution in [0.5, 0.6) is 11.5 Å². The molecular formula is C22H24FNO4. The second-order valence-electron chi connectivity index (χ2n) is 7.27. The maximum atomic E-state index is 13.2. The summed E-state index contributed by atoms with van der Waals surface area (Å²) in [5.74, 6) is 1.68. The van der Waals surface area contributed by atoms with E-state index < -0.39 is 0 Å². The molecule has 5 nitrogen and oxygen atoms in total. The number of hydrogen-bond acceptors (Lipinski definition) is 4. The molecule has 1 fully saturated rings. The Labute approximate surface area is 164 Å². The molecule has 0 unspecified atom stereocenters. The second-order valence-corrected chi connectivity index (χ2v) is 7.27. The van der Waals surface area contributed by atoms with Crippen molar-refractivity contribution in [1.82, 2.24) is 4.90 Å². The van der Waals surface area contributed by atoms with Gasteiger partial charge in [0.1, 0.15) is 5.82 Å². The van der Waals surface area contributed by atoms with Gasteiger partial charge >= 0.3 is 0 Å². The molecule has 4 rings (SSSR count). The Balaban J connectivity index is 1.19. The van der Waals surface area contributed by atoms with Crippen LogP contribution in [0.1, 0.15) is 35.2 Å². The summed E-state index contributed by atoms with van der Waals surface area (Å²) in [6, 6.07) is 11.8. The zero-order valence-corrected chi connectivity index (χ0v) is 15.7. The van der Waals surface area contributed by atoms with Crippen LogP contribution >= 0.6 is 0 Å². The van der Waals surface area contributed by atoms with Crippen molar-refractivity contribution in [2.75, 3.05) is 26.5 Å². The summed E-state index contributed by atoms with van der Waals surface area (Å²) in [6.07, 6.45) is 2.90. The van der Waals surface area contributed by atoms with Crippen LogP contribution in [0.2, 0.25) is 0 Å². The van der Waals surface area contributed by atoms with Gasteiger partial charge in [-0.1, -0.05) is 12.1 Å². The van der Waals surface area contributed by atoms with Crippen molar-refractivity contribution in [3.63, 3.8) is 0 Å². The Kier molecular flexibility index (Phi) is 5.76. The highest BCUT2D eigenvalue weighted by Gasteiger charge is 2.25. The fourth-order valence-corrected chi connectivity index (χ4v) is 3.70. The molecule has 28 heavy (non-hydrogen) atoms. The topological polar surface area (TPSA) is 48.0 Å². The van der Waals surface area contributed by atoms with Crippen molar-refractivity contribution >= 4 is 5.91 Å². The predicted molar refractivity (Wildman–Crippen MR) is 102 cm³/mol. The molecule has 0 atom stereocenters. The first-order valence-corrected chi connectivity index (χ1v) is 9.70. The summed E-state index contributed by atoms with van der Waals surface area (Å²) in [4.78, 5) is 14.6. The van der Waals surface area contributed by atoms with Gasteiger partial charge in [0.05, 0.1) is 6.61 Å². The Morgan fingerprint density at radius 3 is 2.75 bits per heavy atom. The lowest BCUT2D eigenvalue weighted by Crippen LogP contribution is -2.38. The molecule has 2 aromatic rings. The van der Waals surface area contributed by atoms with Crippen LogP contribution in [0, 0.1) is 11.7 Å². The van der Waals surface area contributed by atoms with Crippen LogP contribution in [0.25, 0.3) is 0 Å². The van der Waals surface area contributed by atoms with Crippen molar-refractivity contribution in [3.8, 4) is 11.5 Å². The molecule has 0 radical (unpaired) electrons. The van der Waals surface area contributed by atoms with E-state index in [0.717, 1.165) is 37.9 Å². The molecule has 0 saturated carbocycles. The maximum absolute atomic E-state index is 13.2. The quantitative estimate of drug-likeness (QED) is 0.705. The number of ether oxygens (including phenoxy) is 3. The monoisotopic (exact) mass is 385 g/mol. The number of carbonyl (C=O) groups excluding carboxylic acids is 1. The van der Waals surface area contributed by atoms with Crippen molar-refractivity contribution in [3.05, 3.63) is 59.4 Å². The summed E-state index contributed by atoms with van der Waals surface area (Å²) in [5.41, 5.74) is 1.49. The van der Waals surface area contributed by atoms with Crippen molar-refractivity contribution in [1.29, 1.82) is 0 Å². The number of piperidine rings is 1. The van der Waals surface area contributed by atoms with Crippen LogP contribution in [-0.2, 0) is 11.3 Å². The number of nitrogens with zero attached hydrogens (tertiary/aromatic N) is 1. The normalized spacial score (nSPS) is 16.4. The van der Waals surface area contributed by atoms with Gasteiger partial charge in [0, 0.05) is 25.3 Å². The fourth-order valence-electron chi connectivity index (χ4n) is 3.70. The standard InChI is InChI=1S/C22H24FNO4/c23-19-3-1-2-17(12-19)14-26-11-8-16-6-9-24(10-7-16)22(25)18-4-5-20-21(13-18)28-15-27-20/h1-5,12-13,16H,6-11,14-15H2. The van der Waals surface area contributed by atoms with E-state index in [4.69, 9.17) is 14.2 Å². The van der Waals surface area contributed by atoms with Gasteiger partial charge in [0.25, 0.3) is 5.91 Å². The highest BCUT2D eigenvalue weighted by molar-refractivity contribution is 5.95. The molecule has 2 aliphatic rings. The first-order chi connectivity index (χ1) is 13.7. The molecule has 0 N–H and O–H groups in total. The summed E-state index contributed by atoms with van der Waals surface area (Å²) < 4.78 is 29.5. The number of halogens is 1. The number of benzene rings is 2. The first-order valence-electron chi connectivity index (χ1n) is 9.70. The summed E-state index contributed by atoms with van der Waals surface area (Å²) in [5, 5.41) is 0. The molecule has 6 heteroatoms. The van der Waals surface area contributed by atoms with Gasteiger partial charge in [0.15, 0.2) is 11.5 Å². The number of amides is 1. The summed E-state index contributed by atoms with van der Waals surface area (Å²) >= 11 is 0. The first kappa shape index (κ1) is 18.7. The van der Waals surface area contributed by atoms with Gasteiger partial charge < -0.3 is 19.1 Å². The van der Waals surface area contributed by atoms with Gasteiger partial charge in [-0.3, -0.25) is 4.79 Å². The molecule has 0 aliphatic carbocycles. The minimum Gasteiger partial charge on any atom is -0.454 e. The maximum Gasteiger partial charge on any atom is 0.253 e. The third kappa shape index (κ3) is 4.44. The van der Waals surface area contributed by atoms with E-state index in [2.05, 4.69) is 0 Å². The minimum absolute atomic E-state index is 0.0408. The summed E-state index contributed by atoms with van der Waals surface area (Å²) in [6.45, 7) is 2.79. The largest absolute Gasteiger partial charge is 0.454 e. The zero-order chi connectivity index (χ0) is 19.3. The Morgan fingerprint density at radius 2 is 1.93 bits per heavy atom. The van der Waals surface area contributed by atoms with Crippen LogP contribution in [0.3, 0.4) is 0 Å². The zero-order valence-electron chi connectivity index (χ0n) is 15.7. The lowest BCUT2D eigenvalue weighted by molar-refractivity contribution is 0.0638. The lowest BCUT2D eigenvalue weighted by atomic mass is 9.93. The molecule has 2 aliphatic heterocycles. The van der Waals surface area contributed by atoms with E-state index in [1.807, 2.05) is 11.0 Å². The highest BCUT2D eigenvalue weighted by atomic mass is 19.1. The predicted octanol–water partition coefficient (Wildman–Crippen LogP) is 4.01. The lowest BCUT2D eigenvalue weighted by Gasteiger charge is -2.32. The summed E-state index contributed by atoms with van der Waals surface area (Å²) in [7, 11) is 0. The van der Waals surface area contributed by atoms with E-state index in [-0.39, 0.29) is 18.5 Å². The van der Waals surface area contributed by atoms with E-state index in [9.17, 15) is 9.18 Å². The van der Waals surface area contributed by atoms with E-state index in [1.54, 1.807) is 24.3 Å². The molecule has 0 aromatic heterocycles. The smallest absolute Gasteiger partial charge is 0.253 e. The van der Waals surface area contributed by atoms with Crippen molar-refractivity contribution in [2.24, 2.45) is 5.92 Å². The van der Waals surface area contributed by atoms with Crippen molar-refractivity contribution < 1.29 is 23.4 Å². The van der Waals surface area contributed by atoms with Gasteiger partial charge in [0.2, 0.25) is 6.79 Å². The highest BCUT2D eigenvalue weighted by Crippen LogP contribution is 2.33. The third-order valence-corrected chi connectivity index (χ3v) is 5.35. The van der Waals surface area contributed by atoms with Gasteiger partial charge in [-0.2, -0.15) is 0 Å². The molecule has 1 amide bonds. The Bertz CT molecular complexity index is 833. The Morgan fingerprint density at radius 1 is 1.11 bits per heavy atom. The fraction of sp³-hybridized carbons (Fsp3) is 0.409. The van der Waals surface area contributed by atoms with Gasteiger partial charge in [-0.15, -0.1) is 0 Å². The number of rotatable bonds is 6. The number of hydrogen-bond donors (Lipinski definition) is 0. The van der Waals surface area contributed by atoms with Crippen LogP contribution in [0.4, 0.5) is 4.39 Å². The number of carbonyl (C=O) groups is 1. The SMILES string of the molecule is O=C(c1ccc2c(c1)OCO2)N1CCC(CCOCc2cccc(F)c2)CC1. The average molecular weight is 385 g/mol. The molecule has 148 valence electrons. The molecule has 2 aromatic carbocycles. The van der Waals surface area contributed by atoms with Gasteiger partial charge in [-0.05, 0) is 61.1 Å². The minimum atomic E-state index is -0.236. The van der Waals surface area contributed by atoms with Crippen LogP contribution < -0.4 is 9.47 Å². The van der Waals surface area contributed by atoms with Crippen LogP contribution in [0.15, 0.2) is 42.5 Å². The molecule has 0 spiro atoms. The second kappa shape index (κ2) is 8.61. The Hall–Kier alpha value is -2.60. The number of fused-ring (bicyclic) bond motifs is 1. The third-order valence-electron chi connectivity index (χ3n) is 5.35. The average Bonchev–Trinajstić information content (AvgIpc) is 3.19. The van der Waals surface area contributed by atoms with Gasteiger partial charge in [-0.25, -0.2) is 4.39 Å². The van der Waals surface area contributed by atoms with E-state index >= 15 is 0 Å². The van der Waals surface area contributed by atoms with Crippen LogP contribution in [-0.4, -0.2) is 37.3 Å². The van der Waals surface area contributed by atoms with E-state index in [0.29, 0.717) is 36.2 Å². The molecule has 2 heterocycles.